The smallest absolute Gasteiger partial charge is 0.220 e. The van der Waals surface area contributed by atoms with Crippen molar-refractivity contribution in [3.63, 3.8) is 0 Å². The number of hydrogen-bond acceptors (Lipinski definition) is 2. The van der Waals surface area contributed by atoms with Gasteiger partial charge in [0.05, 0.1) is 0 Å². The number of carbonyl (C=O) groups is 1. The lowest BCUT2D eigenvalue weighted by Crippen LogP contribution is -2.41. The van der Waals surface area contributed by atoms with Gasteiger partial charge < -0.3 is 10.6 Å². The topological polar surface area (TPSA) is 41.1 Å². The Labute approximate surface area is 130 Å². The standard InChI is InChI=1S/C16H30N2O.ClH/c1-4-11(2)7-12(3)17-16(19)10-13-8-14-5-6-15(9-13)18-14;/h11-15,18H,4-10H2,1-3H3,(H,17,19);1H. The number of carbonyl (C=O) groups excluding carboxylic acids is 1. The molecule has 2 aliphatic rings. The summed E-state index contributed by atoms with van der Waals surface area (Å²) in [5.74, 6) is 1.57. The summed E-state index contributed by atoms with van der Waals surface area (Å²) in [7, 11) is 0. The lowest BCUT2D eigenvalue weighted by molar-refractivity contribution is -0.123. The molecule has 4 unspecified atom stereocenters. The molecule has 0 aromatic heterocycles. The number of nitrogens with one attached hydrogen (secondary N) is 2. The third-order valence-corrected chi connectivity index (χ3v) is 4.91. The van der Waals surface area contributed by atoms with Gasteiger partial charge in [-0.05, 0) is 50.9 Å². The van der Waals surface area contributed by atoms with Crippen molar-refractivity contribution in [2.45, 2.75) is 83.8 Å². The van der Waals surface area contributed by atoms with Gasteiger partial charge in [-0.1, -0.05) is 20.3 Å². The van der Waals surface area contributed by atoms with Crippen LogP contribution in [-0.2, 0) is 4.79 Å². The Morgan fingerprint density at radius 2 is 1.85 bits per heavy atom. The minimum atomic E-state index is 0. The summed E-state index contributed by atoms with van der Waals surface area (Å²) in [5, 5.41) is 6.82. The zero-order valence-electron chi connectivity index (χ0n) is 13.2. The van der Waals surface area contributed by atoms with Gasteiger partial charge in [-0.2, -0.15) is 0 Å². The van der Waals surface area contributed by atoms with E-state index in [4.69, 9.17) is 0 Å². The highest BCUT2D eigenvalue weighted by molar-refractivity contribution is 5.85. The van der Waals surface area contributed by atoms with Crippen LogP contribution >= 0.6 is 12.4 Å². The van der Waals surface area contributed by atoms with E-state index in [2.05, 4.69) is 31.4 Å². The fourth-order valence-corrected chi connectivity index (χ4v) is 3.77. The minimum absolute atomic E-state index is 0. The second-order valence-electron chi connectivity index (χ2n) is 6.90. The number of amides is 1. The molecule has 2 heterocycles. The summed E-state index contributed by atoms with van der Waals surface area (Å²) in [6.45, 7) is 6.60. The van der Waals surface area contributed by atoms with E-state index >= 15 is 0 Å². The number of halogens is 1. The highest BCUT2D eigenvalue weighted by Crippen LogP contribution is 2.32. The Hall–Kier alpha value is -0.280. The van der Waals surface area contributed by atoms with Crippen LogP contribution in [0.3, 0.4) is 0 Å². The van der Waals surface area contributed by atoms with Gasteiger partial charge in [-0.15, -0.1) is 12.4 Å². The molecule has 2 bridgehead atoms. The molecular formula is C16H31ClN2O. The Morgan fingerprint density at radius 1 is 1.25 bits per heavy atom. The molecule has 0 aliphatic carbocycles. The van der Waals surface area contributed by atoms with Crippen LogP contribution in [0.25, 0.3) is 0 Å². The van der Waals surface area contributed by atoms with E-state index in [-0.39, 0.29) is 18.3 Å². The van der Waals surface area contributed by atoms with E-state index in [0.717, 1.165) is 12.8 Å². The largest absolute Gasteiger partial charge is 0.354 e. The second kappa shape index (κ2) is 8.23. The molecule has 118 valence electrons. The number of hydrogen-bond donors (Lipinski definition) is 2. The summed E-state index contributed by atoms with van der Waals surface area (Å²) in [6.07, 6.45) is 8.05. The molecule has 3 nitrogen and oxygen atoms in total. The molecule has 0 radical (unpaired) electrons. The van der Waals surface area contributed by atoms with Crippen molar-refractivity contribution >= 4 is 18.3 Å². The second-order valence-corrected chi connectivity index (χ2v) is 6.90. The molecule has 4 heteroatoms. The lowest BCUT2D eigenvalue weighted by Gasteiger charge is -2.29. The Balaban J connectivity index is 0.00000200. The van der Waals surface area contributed by atoms with E-state index in [9.17, 15) is 4.79 Å². The molecule has 2 rings (SSSR count). The van der Waals surface area contributed by atoms with Crippen molar-refractivity contribution in [2.75, 3.05) is 0 Å². The van der Waals surface area contributed by atoms with Gasteiger partial charge in [0.2, 0.25) is 5.91 Å². The molecule has 20 heavy (non-hydrogen) atoms. The SMILES string of the molecule is CCC(C)CC(C)NC(=O)CC1CC2CCC(C1)N2.Cl. The maximum absolute atomic E-state index is 12.1. The number of piperidine rings is 1. The van der Waals surface area contributed by atoms with Crippen LogP contribution in [0.4, 0.5) is 0 Å². The molecule has 1 amide bonds. The van der Waals surface area contributed by atoms with Gasteiger partial charge in [0.1, 0.15) is 0 Å². The van der Waals surface area contributed by atoms with Gasteiger partial charge in [0.15, 0.2) is 0 Å². The fourth-order valence-electron chi connectivity index (χ4n) is 3.77. The molecule has 2 N–H and O–H groups in total. The van der Waals surface area contributed by atoms with Crippen molar-refractivity contribution in [2.24, 2.45) is 11.8 Å². The van der Waals surface area contributed by atoms with Crippen LogP contribution < -0.4 is 10.6 Å². The average Bonchev–Trinajstić information content (AvgIpc) is 2.68. The summed E-state index contributed by atoms with van der Waals surface area (Å²) in [5.41, 5.74) is 0. The summed E-state index contributed by atoms with van der Waals surface area (Å²) in [6, 6.07) is 1.70. The van der Waals surface area contributed by atoms with Crippen LogP contribution in [-0.4, -0.2) is 24.0 Å². The highest BCUT2D eigenvalue weighted by Gasteiger charge is 2.34. The number of rotatable bonds is 6. The minimum Gasteiger partial charge on any atom is -0.354 e. The monoisotopic (exact) mass is 302 g/mol. The first-order valence-corrected chi connectivity index (χ1v) is 8.12. The zero-order valence-corrected chi connectivity index (χ0v) is 14.0. The van der Waals surface area contributed by atoms with Gasteiger partial charge in [0.25, 0.3) is 0 Å². The van der Waals surface area contributed by atoms with Gasteiger partial charge in [0, 0.05) is 24.5 Å². The lowest BCUT2D eigenvalue weighted by atomic mass is 9.89. The average molecular weight is 303 g/mol. The molecule has 2 fully saturated rings. The van der Waals surface area contributed by atoms with Crippen molar-refractivity contribution in [1.29, 1.82) is 0 Å². The Bertz CT molecular complexity index is 299. The fraction of sp³-hybridized carbons (Fsp3) is 0.938. The first-order chi connectivity index (χ1) is 9.06. The molecule has 0 spiro atoms. The maximum Gasteiger partial charge on any atom is 0.220 e. The molecule has 0 saturated carbocycles. The summed E-state index contributed by atoms with van der Waals surface area (Å²) >= 11 is 0. The van der Waals surface area contributed by atoms with E-state index < -0.39 is 0 Å². The van der Waals surface area contributed by atoms with Gasteiger partial charge in [-0.3, -0.25) is 4.79 Å². The van der Waals surface area contributed by atoms with E-state index in [1.165, 1.54) is 32.1 Å². The third kappa shape index (κ3) is 5.25. The van der Waals surface area contributed by atoms with Crippen LogP contribution in [0.1, 0.15) is 65.7 Å². The summed E-state index contributed by atoms with van der Waals surface area (Å²) < 4.78 is 0. The van der Waals surface area contributed by atoms with Gasteiger partial charge in [-0.25, -0.2) is 0 Å². The molecule has 0 aromatic carbocycles. The molecule has 4 atom stereocenters. The normalized spacial score (nSPS) is 31.2. The predicted octanol–water partition coefficient (Wildman–Crippen LogP) is 3.27. The summed E-state index contributed by atoms with van der Waals surface area (Å²) in [4.78, 5) is 12.1. The Kier molecular flexibility index (Phi) is 7.32. The molecule has 2 aliphatic heterocycles. The third-order valence-electron chi connectivity index (χ3n) is 4.91. The van der Waals surface area contributed by atoms with Crippen LogP contribution in [0.5, 0.6) is 0 Å². The van der Waals surface area contributed by atoms with E-state index in [1.54, 1.807) is 0 Å². The van der Waals surface area contributed by atoms with E-state index in [0.29, 0.717) is 30.0 Å². The molecule has 2 saturated heterocycles. The van der Waals surface area contributed by atoms with Crippen LogP contribution in [0, 0.1) is 11.8 Å². The quantitative estimate of drug-likeness (QED) is 0.790. The molecular weight excluding hydrogens is 272 g/mol. The van der Waals surface area contributed by atoms with Crippen molar-refractivity contribution < 1.29 is 4.79 Å². The van der Waals surface area contributed by atoms with Crippen molar-refractivity contribution in [3.8, 4) is 0 Å². The van der Waals surface area contributed by atoms with Crippen LogP contribution in [0.2, 0.25) is 0 Å². The Morgan fingerprint density at radius 3 is 2.40 bits per heavy atom. The molecule has 0 aromatic rings. The van der Waals surface area contributed by atoms with Crippen molar-refractivity contribution in [1.82, 2.24) is 10.6 Å². The zero-order chi connectivity index (χ0) is 13.8. The number of fused-ring (bicyclic) bond motifs is 2. The van der Waals surface area contributed by atoms with Gasteiger partial charge >= 0.3 is 0 Å². The maximum atomic E-state index is 12.1. The highest BCUT2D eigenvalue weighted by atomic mass is 35.5. The van der Waals surface area contributed by atoms with Crippen LogP contribution in [0.15, 0.2) is 0 Å². The first kappa shape index (κ1) is 17.8. The first-order valence-electron chi connectivity index (χ1n) is 8.12. The van der Waals surface area contributed by atoms with Crippen molar-refractivity contribution in [3.05, 3.63) is 0 Å². The van der Waals surface area contributed by atoms with E-state index in [1.807, 2.05) is 0 Å². The predicted molar refractivity (Wildman–Crippen MR) is 86.2 cm³/mol.